The van der Waals surface area contributed by atoms with Gasteiger partial charge in [-0.15, -0.1) is 0 Å². The van der Waals surface area contributed by atoms with Crippen molar-refractivity contribution in [2.45, 2.75) is 44.6 Å². The summed E-state index contributed by atoms with van der Waals surface area (Å²) in [7, 11) is -0.817. The molecule has 5 N–H and O–H groups in total. The molecule has 9 nitrogen and oxygen atoms in total. The molecule has 1 atom stereocenters. The van der Waals surface area contributed by atoms with Crippen LogP contribution in [0.5, 0.6) is 5.75 Å². The van der Waals surface area contributed by atoms with Crippen LogP contribution in [0.3, 0.4) is 0 Å². The molecule has 10 heteroatoms. The van der Waals surface area contributed by atoms with E-state index in [1.807, 2.05) is 0 Å². The number of benzene rings is 1. The van der Waals surface area contributed by atoms with Crippen LogP contribution < -0.4 is 20.5 Å². The first-order valence-electron chi connectivity index (χ1n) is 8.42. The lowest BCUT2D eigenvalue weighted by Gasteiger charge is -2.17. The lowest BCUT2D eigenvalue weighted by molar-refractivity contribution is -0.139. The molecule has 152 valence electrons. The van der Waals surface area contributed by atoms with Crippen LogP contribution in [0.2, 0.25) is 0 Å². The minimum absolute atomic E-state index is 0.139. The number of nitrogens with zero attached hydrogens (tertiary/aromatic N) is 1. The third kappa shape index (κ3) is 5.83. The Kier molecular flexibility index (Phi) is 8.04. The van der Waals surface area contributed by atoms with Gasteiger partial charge in [-0.2, -0.15) is 0 Å². The van der Waals surface area contributed by atoms with Gasteiger partial charge in [0.05, 0.1) is 12.0 Å². The molecular weight excluding hydrogens is 372 g/mol. The van der Waals surface area contributed by atoms with Gasteiger partial charge in [-0.1, -0.05) is 0 Å². The Morgan fingerprint density at radius 3 is 2.48 bits per heavy atom. The van der Waals surface area contributed by atoms with Crippen LogP contribution in [0.25, 0.3) is 0 Å². The van der Waals surface area contributed by atoms with Crippen molar-refractivity contribution >= 4 is 22.0 Å². The fraction of sp³-hybridized carbons (Fsp3) is 0.529. The summed E-state index contributed by atoms with van der Waals surface area (Å²) >= 11 is 0. The lowest BCUT2D eigenvalue weighted by Crippen LogP contribution is -2.38. The maximum atomic E-state index is 12.7. The zero-order valence-corrected chi connectivity index (χ0v) is 17.1. The fourth-order valence-corrected chi connectivity index (χ4v) is 4.23. The van der Waals surface area contributed by atoms with Gasteiger partial charge in [-0.3, -0.25) is 9.79 Å². The van der Waals surface area contributed by atoms with E-state index in [9.17, 15) is 13.2 Å². The molecule has 0 saturated carbocycles. The van der Waals surface area contributed by atoms with Gasteiger partial charge in [-0.05, 0) is 63.4 Å². The topological polar surface area (TPSA) is 143 Å². The molecule has 0 radical (unpaired) electrons. The molecule has 0 aliphatic rings. The number of methoxy groups -OCH3 is 1. The van der Waals surface area contributed by atoms with Crippen LogP contribution >= 0.6 is 0 Å². The number of rotatable bonds is 9. The second-order valence-electron chi connectivity index (χ2n) is 6.17. The Morgan fingerprint density at radius 1 is 1.33 bits per heavy atom. The van der Waals surface area contributed by atoms with E-state index in [4.69, 9.17) is 15.6 Å². The SMILES string of the molecule is CN[C@@H](CCCN=C(N)NS(=O)(=O)c1c(C)cc(OC)c(C)c1C)C(=O)O. The third-order valence-electron chi connectivity index (χ3n) is 4.29. The Balaban J connectivity index is 2.89. The first-order chi connectivity index (χ1) is 12.5. The van der Waals surface area contributed by atoms with E-state index in [1.54, 1.807) is 33.9 Å². The van der Waals surface area contributed by atoms with Gasteiger partial charge in [0.2, 0.25) is 5.96 Å². The molecule has 0 unspecified atom stereocenters. The van der Waals surface area contributed by atoms with Crippen molar-refractivity contribution in [1.82, 2.24) is 10.0 Å². The zero-order valence-electron chi connectivity index (χ0n) is 16.3. The summed E-state index contributed by atoms with van der Waals surface area (Å²) in [6.45, 7) is 5.38. The van der Waals surface area contributed by atoms with Crippen molar-refractivity contribution in [2.75, 3.05) is 20.7 Å². The smallest absolute Gasteiger partial charge is 0.320 e. The van der Waals surface area contributed by atoms with E-state index >= 15 is 0 Å². The Hall–Kier alpha value is -2.33. The predicted molar refractivity (Wildman–Crippen MR) is 104 cm³/mol. The second-order valence-corrected chi connectivity index (χ2v) is 7.79. The highest BCUT2D eigenvalue weighted by molar-refractivity contribution is 7.90. The number of nitrogens with two attached hydrogens (primary N) is 1. The highest BCUT2D eigenvalue weighted by Gasteiger charge is 2.23. The van der Waals surface area contributed by atoms with Crippen LogP contribution in [0, 0.1) is 20.8 Å². The molecule has 1 aromatic carbocycles. The minimum atomic E-state index is -3.91. The van der Waals surface area contributed by atoms with Crippen molar-refractivity contribution in [3.05, 3.63) is 22.8 Å². The number of aliphatic carboxylic acids is 1. The third-order valence-corrected chi connectivity index (χ3v) is 5.93. The number of guanidine groups is 1. The Morgan fingerprint density at radius 2 is 1.96 bits per heavy atom. The molecule has 0 bridgehead atoms. The van der Waals surface area contributed by atoms with Crippen molar-refractivity contribution in [3.63, 3.8) is 0 Å². The molecule has 0 aromatic heterocycles. The van der Waals surface area contributed by atoms with E-state index in [0.29, 0.717) is 29.7 Å². The summed E-state index contributed by atoms with van der Waals surface area (Å²) in [4.78, 5) is 15.0. The number of carboxylic acids is 1. The van der Waals surface area contributed by atoms with Gasteiger partial charge < -0.3 is 20.9 Å². The van der Waals surface area contributed by atoms with Gasteiger partial charge in [0.15, 0.2) is 0 Å². The van der Waals surface area contributed by atoms with E-state index in [2.05, 4.69) is 15.0 Å². The van der Waals surface area contributed by atoms with Crippen LogP contribution in [0.15, 0.2) is 16.0 Å². The number of hydrogen-bond donors (Lipinski definition) is 4. The number of nitrogens with one attached hydrogen (secondary N) is 2. The molecule has 0 aliphatic heterocycles. The number of hydrogen-bond acceptors (Lipinski definition) is 6. The number of aliphatic imine (C=N–C) groups is 1. The highest BCUT2D eigenvalue weighted by Crippen LogP contribution is 2.30. The van der Waals surface area contributed by atoms with E-state index in [1.165, 1.54) is 7.11 Å². The minimum Gasteiger partial charge on any atom is -0.496 e. The number of sulfonamides is 1. The zero-order chi connectivity index (χ0) is 20.8. The normalized spacial score (nSPS) is 13.3. The number of likely N-dealkylation sites (N-methyl/N-ethyl adjacent to an activating group) is 1. The molecule has 0 saturated heterocycles. The van der Waals surface area contributed by atoms with Gasteiger partial charge in [0, 0.05) is 6.54 Å². The van der Waals surface area contributed by atoms with Gasteiger partial charge in [0.1, 0.15) is 11.8 Å². The summed E-state index contributed by atoms with van der Waals surface area (Å²) in [5, 5.41) is 11.6. The molecule has 0 heterocycles. The summed E-state index contributed by atoms with van der Waals surface area (Å²) in [5.74, 6) is -0.572. The molecule has 0 amide bonds. The van der Waals surface area contributed by atoms with Crippen molar-refractivity contribution in [3.8, 4) is 5.75 Å². The van der Waals surface area contributed by atoms with Crippen molar-refractivity contribution in [1.29, 1.82) is 0 Å². The number of carboxylic acid groups (broad SMARTS) is 1. The maximum Gasteiger partial charge on any atom is 0.320 e. The van der Waals surface area contributed by atoms with E-state index < -0.39 is 22.0 Å². The first-order valence-corrected chi connectivity index (χ1v) is 9.91. The van der Waals surface area contributed by atoms with Gasteiger partial charge in [-0.25, -0.2) is 13.1 Å². The number of aryl methyl sites for hydroxylation is 1. The maximum absolute atomic E-state index is 12.7. The molecular formula is C17H28N4O5S. The van der Waals surface area contributed by atoms with Gasteiger partial charge >= 0.3 is 5.97 Å². The monoisotopic (exact) mass is 400 g/mol. The molecule has 1 aromatic rings. The molecule has 0 fully saturated rings. The van der Waals surface area contributed by atoms with E-state index in [0.717, 1.165) is 5.56 Å². The summed E-state index contributed by atoms with van der Waals surface area (Å²) in [6.07, 6.45) is 0.797. The van der Waals surface area contributed by atoms with E-state index in [-0.39, 0.29) is 17.4 Å². The van der Waals surface area contributed by atoms with Crippen molar-refractivity contribution in [2.24, 2.45) is 10.7 Å². The average molecular weight is 401 g/mol. The quantitative estimate of drug-likeness (QED) is 0.271. The standard InChI is InChI=1S/C17H28N4O5S/c1-10-9-14(26-5)11(2)12(3)15(10)27(24,25)21-17(18)20-8-6-7-13(19-4)16(22)23/h9,13,19H,6-8H2,1-5H3,(H,22,23)(H3,18,20,21)/t13-/m0/s1. The first kappa shape index (κ1) is 22.7. The molecule has 1 rings (SSSR count). The predicted octanol–water partition coefficient (Wildman–Crippen LogP) is 0.666. The van der Waals surface area contributed by atoms with Crippen molar-refractivity contribution < 1.29 is 23.1 Å². The Bertz CT molecular complexity index is 821. The molecule has 0 aliphatic carbocycles. The van der Waals surface area contributed by atoms with Crippen LogP contribution in [-0.2, 0) is 14.8 Å². The largest absolute Gasteiger partial charge is 0.496 e. The number of ether oxygens (including phenoxy) is 1. The molecule has 0 spiro atoms. The summed E-state index contributed by atoms with van der Waals surface area (Å²) in [6, 6.07) is 0.985. The molecule has 27 heavy (non-hydrogen) atoms. The highest BCUT2D eigenvalue weighted by atomic mass is 32.2. The second kappa shape index (κ2) is 9.56. The fourth-order valence-electron chi connectivity index (χ4n) is 2.75. The van der Waals surface area contributed by atoms with Gasteiger partial charge in [0.25, 0.3) is 10.0 Å². The summed E-state index contributed by atoms with van der Waals surface area (Å²) < 4.78 is 33.0. The lowest BCUT2D eigenvalue weighted by atomic mass is 10.1. The van der Waals surface area contributed by atoms with Crippen LogP contribution in [0.4, 0.5) is 0 Å². The van der Waals surface area contributed by atoms with Crippen LogP contribution in [0.1, 0.15) is 29.5 Å². The van der Waals surface area contributed by atoms with Crippen LogP contribution in [-0.4, -0.2) is 52.2 Å². The Labute approximate surface area is 160 Å². The summed E-state index contributed by atoms with van der Waals surface area (Å²) in [5.41, 5.74) is 7.54. The average Bonchev–Trinajstić information content (AvgIpc) is 2.57. The number of carbonyl (C=O) groups is 1.